The van der Waals surface area contributed by atoms with E-state index in [1.165, 1.54) is 32.5 Å². The molecule has 0 bridgehead atoms. The first-order chi connectivity index (χ1) is 8.22. The normalized spacial score (nSPS) is 27.4. The molecule has 0 radical (unpaired) electrons. The molecule has 0 saturated carbocycles. The number of rotatable bonds is 7. The van der Waals surface area contributed by atoms with Gasteiger partial charge in [-0.1, -0.05) is 13.8 Å². The minimum absolute atomic E-state index is 0.570. The molecule has 1 rings (SSSR count). The van der Waals surface area contributed by atoms with E-state index in [9.17, 15) is 0 Å². The quantitative estimate of drug-likeness (QED) is 0.509. The summed E-state index contributed by atoms with van der Waals surface area (Å²) in [6.07, 6.45) is 2.50. The fraction of sp³-hybridized carbons (Fsp3) is 1.00. The second-order valence-corrected chi connectivity index (χ2v) is 5.34. The first-order valence-corrected chi connectivity index (χ1v) is 7.30. The lowest BCUT2D eigenvalue weighted by atomic mass is 9.80. The van der Waals surface area contributed by atoms with Gasteiger partial charge in [0.1, 0.15) is 0 Å². The van der Waals surface area contributed by atoms with E-state index in [0.29, 0.717) is 12.0 Å². The van der Waals surface area contributed by atoms with Crippen molar-refractivity contribution in [3.8, 4) is 0 Å². The summed E-state index contributed by atoms with van der Waals surface area (Å²) >= 11 is 0. The van der Waals surface area contributed by atoms with E-state index in [2.05, 4.69) is 29.8 Å². The van der Waals surface area contributed by atoms with Gasteiger partial charge in [0.15, 0.2) is 0 Å². The summed E-state index contributed by atoms with van der Waals surface area (Å²) in [5.74, 6) is 1.43. The molecule has 1 heterocycles. The zero-order chi connectivity index (χ0) is 12.7. The number of quaternary nitrogens is 2. The number of nitrogens with zero attached hydrogens (tertiary/aromatic N) is 1. The highest BCUT2D eigenvalue weighted by Gasteiger charge is 2.33. The second-order valence-electron chi connectivity index (χ2n) is 5.34. The van der Waals surface area contributed by atoms with Gasteiger partial charge in [-0.05, 0) is 25.6 Å². The maximum Gasteiger partial charge on any atom is 0.0942 e. The van der Waals surface area contributed by atoms with Gasteiger partial charge in [0.05, 0.1) is 25.0 Å². The van der Waals surface area contributed by atoms with Crippen molar-refractivity contribution in [3.05, 3.63) is 0 Å². The predicted octanol–water partition coefficient (Wildman–Crippen LogP) is -1.51. The van der Waals surface area contributed by atoms with E-state index in [-0.39, 0.29) is 0 Å². The average Bonchev–Trinajstić information content (AvgIpc) is 2.39. The van der Waals surface area contributed by atoms with E-state index in [1.54, 1.807) is 0 Å². The van der Waals surface area contributed by atoms with Crippen molar-refractivity contribution in [1.82, 2.24) is 4.90 Å². The fourth-order valence-electron chi connectivity index (χ4n) is 3.02. The Morgan fingerprint density at radius 1 is 1.41 bits per heavy atom. The standard InChI is InChI=1S/C13H30N4/c1-3-17(4-2)8-6-13(15)12-10-16-7-5-11(12)9-14/h11-13,16H,3-10,14-15H2,1-2H3/p+2. The van der Waals surface area contributed by atoms with Crippen LogP contribution in [-0.4, -0.2) is 50.2 Å². The third-order valence-corrected chi connectivity index (χ3v) is 4.40. The van der Waals surface area contributed by atoms with Crippen LogP contribution in [0.25, 0.3) is 0 Å². The monoisotopic (exact) mass is 244 g/mol. The van der Waals surface area contributed by atoms with Gasteiger partial charge in [0, 0.05) is 19.4 Å². The maximum atomic E-state index is 5.89. The Morgan fingerprint density at radius 3 is 2.71 bits per heavy atom. The van der Waals surface area contributed by atoms with Crippen LogP contribution in [0.5, 0.6) is 0 Å². The molecule has 0 aromatic rings. The van der Waals surface area contributed by atoms with Gasteiger partial charge < -0.3 is 21.7 Å². The first-order valence-electron chi connectivity index (χ1n) is 7.30. The Kier molecular flexibility index (Phi) is 7.04. The van der Waals surface area contributed by atoms with E-state index in [4.69, 9.17) is 5.73 Å². The summed E-state index contributed by atoms with van der Waals surface area (Å²) in [5, 5.41) is 2.44. The number of hydrogen-bond acceptors (Lipinski definition) is 2. The molecule has 1 aliphatic heterocycles. The molecule has 3 unspecified atom stereocenters. The molecule has 0 amide bonds. The van der Waals surface area contributed by atoms with Crippen LogP contribution >= 0.6 is 0 Å². The smallest absolute Gasteiger partial charge is 0.0942 e. The Bertz CT molecular complexity index is 194. The van der Waals surface area contributed by atoms with Crippen LogP contribution in [0, 0.1) is 11.8 Å². The Balaban J connectivity index is 2.36. The van der Waals surface area contributed by atoms with Crippen molar-refractivity contribution in [2.75, 3.05) is 39.3 Å². The van der Waals surface area contributed by atoms with Crippen LogP contribution in [0.1, 0.15) is 26.7 Å². The highest BCUT2D eigenvalue weighted by atomic mass is 15.1. The Morgan fingerprint density at radius 2 is 2.12 bits per heavy atom. The molecule has 1 aliphatic rings. The lowest BCUT2D eigenvalue weighted by Crippen LogP contribution is -2.90. The summed E-state index contributed by atoms with van der Waals surface area (Å²) in [7, 11) is 0. The lowest BCUT2D eigenvalue weighted by Gasteiger charge is -2.32. The van der Waals surface area contributed by atoms with Gasteiger partial charge in [-0.3, -0.25) is 0 Å². The lowest BCUT2D eigenvalue weighted by molar-refractivity contribution is -0.678. The van der Waals surface area contributed by atoms with Crippen LogP contribution in [0.4, 0.5) is 0 Å². The molecule has 7 N–H and O–H groups in total. The van der Waals surface area contributed by atoms with Gasteiger partial charge in [-0.25, -0.2) is 0 Å². The molecule has 0 aliphatic carbocycles. The summed E-state index contributed by atoms with van der Waals surface area (Å²) in [6, 6.07) is 0.570. The van der Waals surface area contributed by atoms with Crippen LogP contribution in [-0.2, 0) is 0 Å². The minimum Gasteiger partial charge on any atom is -0.355 e. The van der Waals surface area contributed by atoms with E-state index < -0.39 is 0 Å². The second kappa shape index (κ2) is 8.03. The molecule has 0 spiro atoms. The van der Waals surface area contributed by atoms with E-state index in [1.807, 2.05) is 0 Å². The van der Waals surface area contributed by atoms with Gasteiger partial charge >= 0.3 is 0 Å². The van der Waals surface area contributed by atoms with E-state index >= 15 is 0 Å². The summed E-state index contributed by atoms with van der Waals surface area (Å²) in [4.78, 5) is 2.49. The topological polar surface area (TPSA) is 73.5 Å². The average molecular weight is 244 g/mol. The molecule has 17 heavy (non-hydrogen) atoms. The molecular formula is C13H32N4+2. The maximum absolute atomic E-state index is 5.89. The molecule has 4 nitrogen and oxygen atoms in total. The van der Waals surface area contributed by atoms with Crippen molar-refractivity contribution in [3.63, 3.8) is 0 Å². The highest BCUT2D eigenvalue weighted by Crippen LogP contribution is 2.19. The van der Waals surface area contributed by atoms with Gasteiger partial charge in [0.2, 0.25) is 0 Å². The zero-order valence-corrected chi connectivity index (χ0v) is 11.7. The minimum atomic E-state index is 0.570. The summed E-state index contributed by atoms with van der Waals surface area (Å²) in [5.41, 5.74) is 10.3. The highest BCUT2D eigenvalue weighted by molar-refractivity contribution is 4.78. The largest absolute Gasteiger partial charge is 0.355 e. The number of hydrogen-bond donors (Lipinski definition) is 3. The molecule has 0 aromatic carbocycles. The summed E-state index contributed by atoms with van der Waals surface area (Å²) in [6.45, 7) is 11.3. The predicted molar refractivity (Wildman–Crippen MR) is 71.4 cm³/mol. The Labute approximate surface area is 106 Å². The first kappa shape index (κ1) is 14.9. The fourth-order valence-corrected chi connectivity index (χ4v) is 3.02. The van der Waals surface area contributed by atoms with Gasteiger partial charge in [-0.15, -0.1) is 0 Å². The van der Waals surface area contributed by atoms with E-state index in [0.717, 1.165) is 25.6 Å². The molecule has 1 fully saturated rings. The molecule has 3 atom stereocenters. The third kappa shape index (κ3) is 4.54. The van der Waals surface area contributed by atoms with Crippen LogP contribution in [0.2, 0.25) is 0 Å². The zero-order valence-electron chi connectivity index (χ0n) is 11.7. The van der Waals surface area contributed by atoms with Gasteiger partial charge in [-0.2, -0.15) is 0 Å². The van der Waals surface area contributed by atoms with Crippen molar-refractivity contribution in [2.24, 2.45) is 17.6 Å². The molecule has 102 valence electrons. The molecular weight excluding hydrogens is 212 g/mol. The number of piperidine rings is 1. The SMILES string of the molecule is CCN(CC)CCC([NH3+])C1C[NH2+]CCC1CN. The third-order valence-electron chi connectivity index (χ3n) is 4.40. The van der Waals surface area contributed by atoms with Gasteiger partial charge in [0.25, 0.3) is 0 Å². The number of nitrogens with two attached hydrogens (primary N) is 2. The molecule has 4 heteroatoms. The summed E-state index contributed by atoms with van der Waals surface area (Å²) < 4.78 is 0. The molecule has 1 saturated heterocycles. The van der Waals surface area contributed by atoms with Crippen LogP contribution in [0.15, 0.2) is 0 Å². The van der Waals surface area contributed by atoms with Crippen molar-refractivity contribution >= 4 is 0 Å². The molecule has 0 aromatic heterocycles. The van der Waals surface area contributed by atoms with Crippen molar-refractivity contribution in [1.29, 1.82) is 0 Å². The van der Waals surface area contributed by atoms with Crippen molar-refractivity contribution < 1.29 is 11.1 Å². The van der Waals surface area contributed by atoms with Crippen LogP contribution in [0.3, 0.4) is 0 Å². The van der Waals surface area contributed by atoms with Crippen molar-refractivity contribution in [2.45, 2.75) is 32.7 Å². The Hall–Kier alpha value is -0.160. The van der Waals surface area contributed by atoms with Crippen LogP contribution < -0.4 is 16.8 Å².